The Morgan fingerprint density at radius 3 is 2.73 bits per heavy atom. The summed E-state index contributed by atoms with van der Waals surface area (Å²) in [6.07, 6.45) is 0.618. The predicted molar refractivity (Wildman–Crippen MR) is 99.2 cm³/mol. The largest absolute Gasteiger partial charge is 0.467 e. The van der Waals surface area contributed by atoms with Gasteiger partial charge in [0.05, 0.1) is 6.61 Å². The number of amides is 1. The third-order valence-electron chi connectivity index (χ3n) is 4.16. The lowest BCUT2D eigenvalue weighted by molar-refractivity contribution is 0.0512. The zero-order valence-corrected chi connectivity index (χ0v) is 14.6. The lowest BCUT2D eigenvalue weighted by atomic mass is 10.1. The lowest BCUT2D eigenvalue weighted by Gasteiger charge is -2.07. The van der Waals surface area contributed by atoms with Gasteiger partial charge >= 0.3 is 0 Å². The molecule has 136 valence electrons. The highest BCUT2D eigenvalue weighted by Crippen LogP contribution is 2.27. The Hall–Kier alpha value is -2.83. The average Bonchev–Trinajstić information content (AvgIpc) is 3.04. The molecule has 3 rings (SSSR count). The molecular formula is C20H22N2O4. The van der Waals surface area contributed by atoms with Crippen LogP contribution in [0.3, 0.4) is 0 Å². The molecule has 0 spiro atoms. The van der Waals surface area contributed by atoms with Crippen molar-refractivity contribution in [2.75, 3.05) is 20.4 Å². The number of methoxy groups -OCH3 is 1. The van der Waals surface area contributed by atoms with E-state index in [0.29, 0.717) is 24.3 Å². The molecule has 0 atom stereocenters. The van der Waals surface area contributed by atoms with Gasteiger partial charge in [-0.15, -0.1) is 0 Å². The van der Waals surface area contributed by atoms with Crippen molar-refractivity contribution >= 4 is 16.8 Å². The number of carbonyl (C=O) groups excluding carboxylic acids is 1. The number of hydrogen-bond acceptors (Lipinski definition) is 4. The Morgan fingerprint density at radius 1 is 1.19 bits per heavy atom. The fourth-order valence-corrected chi connectivity index (χ4v) is 2.92. The van der Waals surface area contributed by atoms with Crippen LogP contribution in [0.2, 0.25) is 0 Å². The van der Waals surface area contributed by atoms with Crippen LogP contribution < -0.4 is 10.1 Å². The van der Waals surface area contributed by atoms with Crippen LogP contribution >= 0.6 is 0 Å². The number of aliphatic hydroxyl groups excluding tert-OH is 1. The van der Waals surface area contributed by atoms with Crippen molar-refractivity contribution in [3.05, 3.63) is 65.4 Å². The number of hydrogen-bond donors (Lipinski definition) is 3. The monoisotopic (exact) mass is 354 g/mol. The second-order valence-electron chi connectivity index (χ2n) is 5.87. The van der Waals surface area contributed by atoms with Gasteiger partial charge in [-0.25, -0.2) is 0 Å². The Kier molecular flexibility index (Phi) is 5.88. The number of aromatic amines is 1. The van der Waals surface area contributed by atoms with Crippen LogP contribution in [-0.4, -0.2) is 36.4 Å². The molecular weight excluding hydrogens is 332 g/mol. The number of rotatable bonds is 8. The summed E-state index contributed by atoms with van der Waals surface area (Å²) in [5.41, 5.74) is 3.26. The molecule has 0 aliphatic rings. The molecule has 6 heteroatoms. The summed E-state index contributed by atoms with van der Waals surface area (Å²) in [7, 11) is 1.57. The molecule has 0 aliphatic heterocycles. The predicted octanol–water partition coefficient (Wildman–Crippen LogP) is 2.62. The number of benzene rings is 2. The van der Waals surface area contributed by atoms with Crippen molar-refractivity contribution in [1.29, 1.82) is 0 Å². The van der Waals surface area contributed by atoms with Crippen molar-refractivity contribution in [2.24, 2.45) is 0 Å². The van der Waals surface area contributed by atoms with Gasteiger partial charge in [-0.05, 0) is 36.2 Å². The summed E-state index contributed by atoms with van der Waals surface area (Å²) in [6, 6.07) is 14.8. The van der Waals surface area contributed by atoms with E-state index in [1.165, 1.54) is 0 Å². The fraction of sp³-hybridized carbons (Fsp3) is 0.250. The molecule has 0 radical (unpaired) electrons. The molecule has 0 aliphatic carbocycles. The highest BCUT2D eigenvalue weighted by atomic mass is 16.7. The number of aliphatic hydroxyl groups is 1. The topological polar surface area (TPSA) is 83.6 Å². The van der Waals surface area contributed by atoms with Crippen LogP contribution in [0.1, 0.15) is 21.6 Å². The smallest absolute Gasteiger partial charge is 0.251 e. The first-order chi connectivity index (χ1) is 12.7. The zero-order valence-electron chi connectivity index (χ0n) is 14.6. The molecule has 1 amide bonds. The molecule has 0 saturated heterocycles. The summed E-state index contributed by atoms with van der Waals surface area (Å²) in [5.74, 6) is 0.584. The maximum absolute atomic E-state index is 12.1. The summed E-state index contributed by atoms with van der Waals surface area (Å²) < 4.78 is 10.4. The second kappa shape index (κ2) is 8.51. The van der Waals surface area contributed by atoms with E-state index in [1.54, 1.807) is 19.2 Å². The van der Waals surface area contributed by atoms with Crippen LogP contribution in [-0.2, 0) is 17.8 Å². The third kappa shape index (κ3) is 4.04. The minimum Gasteiger partial charge on any atom is -0.467 e. The van der Waals surface area contributed by atoms with E-state index in [1.807, 2.05) is 36.4 Å². The van der Waals surface area contributed by atoms with Crippen molar-refractivity contribution in [2.45, 2.75) is 13.0 Å². The summed E-state index contributed by atoms with van der Waals surface area (Å²) in [5, 5.41) is 13.6. The molecule has 3 aromatic rings. The van der Waals surface area contributed by atoms with Gasteiger partial charge < -0.3 is 24.9 Å². The van der Waals surface area contributed by atoms with Crippen molar-refractivity contribution in [3.8, 4) is 5.75 Å². The minimum absolute atomic E-state index is 0.0924. The first-order valence-electron chi connectivity index (χ1n) is 8.42. The van der Waals surface area contributed by atoms with E-state index in [0.717, 1.165) is 22.2 Å². The molecule has 1 heterocycles. The van der Waals surface area contributed by atoms with Gasteiger partial charge in [0.25, 0.3) is 5.91 Å². The van der Waals surface area contributed by atoms with Crippen LogP contribution in [0.25, 0.3) is 10.9 Å². The van der Waals surface area contributed by atoms with Crippen LogP contribution in [0.4, 0.5) is 0 Å². The number of H-pyrrole nitrogens is 1. The minimum atomic E-state index is -0.105. The van der Waals surface area contributed by atoms with Gasteiger partial charge in [-0.2, -0.15) is 0 Å². The van der Waals surface area contributed by atoms with Gasteiger partial charge in [0, 0.05) is 41.9 Å². The standard InChI is InChI=1S/C20H22N2O4/c1-25-13-26-15-7-8-16-17(19(12-23)22-18(16)11-15)9-10-21-20(24)14-5-3-2-4-6-14/h2-8,11,22-23H,9-10,12-13H2,1H3,(H,21,24). The molecule has 0 fully saturated rings. The van der Waals surface area contributed by atoms with Gasteiger partial charge in [-0.3, -0.25) is 4.79 Å². The Morgan fingerprint density at radius 2 is 2.00 bits per heavy atom. The lowest BCUT2D eigenvalue weighted by Crippen LogP contribution is -2.25. The first kappa shape index (κ1) is 18.0. The molecule has 0 unspecified atom stereocenters. The quantitative estimate of drug-likeness (QED) is 0.543. The van der Waals surface area contributed by atoms with E-state index >= 15 is 0 Å². The molecule has 2 aromatic carbocycles. The summed E-state index contributed by atoms with van der Waals surface area (Å²) in [4.78, 5) is 15.4. The van der Waals surface area contributed by atoms with Crippen LogP contribution in [0.15, 0.2) is 48.5 Å². The average molecular weight is 354 g/mol. The normalized spacial score (nSPS) is 10.8. The maximum Gasteiger partial charge on any atom is 0.251 e. The Bertz CT molecular complexity index is 874. The Balaban J connectivity index is 1.71. The van der Waals surface area contributed by atoms with E-state index in [4.69, 9.17) is 9.47 Å². The molecule has 0 bridgehead atoms. The summed E-state index contributed by atoms with van der Waals surface area (Å²) >= 11 is 0. The van der Waals surface area contributed by atoms with Gasteiger partial charge in [0.2, 0.25) is 0 Å². The maximum atomic E-state index is 12.1. The fourth-order valence-electron chi connectivity index (χ4n) is 2.92. The molecule has 1 aromatic heterocycles. The zero-order chi connectivity index (χ0) is 18.4. The number of fused-ring (bicyclic) bond motifs is 1. The highest BCUT2D eigenvalue weighted by molar-refractivity contribution is 5.94. The SMILES string of the molecule is COCOc1ccc2c(CCNC(=O)c3ccccc3)c(CO)[nH]c2c1. The van der Waals surface area contributed by atoms with Crippen molar-refractivity contribution < 1.29 is 19.4 Å². The Labute approximate surface area is 151 Å². The van der Waals surface area contributed by atoms with Gasteiger partial charge in [-0.1, -0.05) is 18.2 Å². The third-order valence-corrected chi connectivity index (χ3v) is 4.16. The number of ether oxygens (including phenoxy) is 2. The number of aromatic nitrogens is 1. The highest BCUT2D eigenvalue weighted by Gasteiger charge is 2.12. The van der Waals surface area contributed by atoms with E-state index in [-0.39, 0.29) is 19.3 Å². The molecule has 6 nitrogen and oxygen atoms in total. The van der Waals surface area contributed by atoms with E-state index < -0.39 is 0 Å². The summed E-state index contributed by atoms with van der Waals surface area (Å²) in [6.45, 7) is 0.567. The van der Waals surface area contributed by atoms with E-state index in [2.05, 4.69) is 10.3 Å². The molecule has 0 saturated carbocycles. The molecule has 3 N–H and O–H groups in total. The number of nitrogens with one attached hydrogen (secondary N) is 2. The van der Waals surface area contributed by atoms with Gasteiger partial charge in [0.1, 0.15) is 5.75 Å². The van der Waals surface area contributed by atoms with Crippen LogP contribution in [0.5, 0.6) is 5.75 Å². The van der Waals surface area contributed by atoms with Crippen molar-refractivity contribution in [1.82, 2.24) is 10.3 Å². The van der Waals surface area contributed by atoms with Crippen LogP contribution in [0, 0.1) is 0 Å². The van der Waals surface area contributed by atoms with E-state index in [9.17, 15) is 9.90 Å². The number of carbonyl (C=O) groups is 1. The first-order valence-corrected chi connectivity index (χ1v) is 8.42. The second-order valence-corrected chi connectivity index (χ2v) is 5.87. The van der Waals surface area contributed by atoms with Gasteiger partial charge in [0.15, 0.2) is 6.79 Å². The molecule has 26 heavy (non-hydrogen) atoms. The van der Waals surface area contributed by atoms with Crippen molar-refractivity contribution in [3.63, 3.8) is 0 Å².